The first-order valence-corrected chi connectivity index (χ1v) is 6.69. The summed E-state index contributed by atoms with van der Waals surface area (Å²) in [7, 11) is 1.69. The Morgan fingerprint density at radius 3 is 2.52 bits per heavy atom. The van der Waals surface area contributed by atoms with E-state index in [9.17, 15) is 13.2 Å². The number of anilines is 1. The number of benzene rings is 1. The van der Waals surface area contributed by atoms with E-state index in [0.717, 1.165) is 17.7 Å². The molecule has 0 aliphatic rings. The highest BCUT2D eigenvalue weighted by atomic mass is 19.4. The Hall–Kier alpha value is -1.98. The first-order chi connectivity index (χ1) is 9.70. The molecule has 2 rings (SSSR count). The van der Waals surface area contributed by atoms with E-state index < -0.39 is 11.7 Å². The van der Waals surface area contributed by atoms with Gasteiger partial charge in [0.25, 0.3) is 0 Å². The van der Waals surface area contributed by atoms with E-state index in [1.165, 1.54) is 10.7 Å². The Kier molecular flexibility index (Phi) is 3.98. The van der Waals surface area contributed by atoms with Crippen molar-refractivity contribution in [2.24, 2.45) is 13.0 Å². The van der Waals surface area contributed by atoms with Crippen LogP contribution in [0.15, 0.2) is 24.3 Å². The van der Waals surface area contributed by atoms with Crippen LogP contribution in [0.25, 0.3) is 11.3 Å². The molecule has 0 fully saturated rings. The van der Waals surface area contributed by atoms with Crippen molar-refractivity contribution in [2.45, 2.75) is 26.4 Å². The molecule has 0 radical (unpaired) electrons. The van der Waals surface area contributed by atoms with Gasteiger partial charge in [0.15, 0.2) is 0 Å². The number of hydrogen-bond donors (Lipinski definition) is 1. The van der Waals surface area contributed by atoms with Crippen LogP contribution in [0.3, 0.4) is 0 Å². The molecule has 21 heavy (non-hydrogen) atoms. The zero-order valence-electron chi connectivity index (χ0n) is 12.2. The maximum Gasteiger partial charge on any atom is 0.416 e. The number of nitrogens with two attached hydrogens (primary N) is 1. The Balaban J connectivity index is 2.54. The van der Waals surface area contributed by atoms with Gasteiger partial charge in [-0.25, -0.2) is 0 Å². The van der Waals surface area contributed by atoms with Crippen molar-refractivity contribution in [3.8, 4) is 11.3 Å². The molecule has 3 nitrogen and oxygen atoms in total. The number of halogens is 3. The second-order valence-electron chi connectivity index (χ2n) is 5.51. The van der Waals surface area contributed by atoms with Crippen molar-refractivity contribution >= 4 is 5.82 Å². The molecule has 0 bridgehead atoms. The predicted octanol–water partition coefficient (Wildman–Crippen LogP) is 3.89. The number of alkyl halides is 3. The van der Waals surface area contributed by atoms with Crippen LogP contribution < -0.4 is 5.73 Å². The number of rotatable bonds is 3. The normalized spacial score (nSPS) is 12.1. The minimum Gasteiger partial charge on any atom is -0.384 e. The molecular weight excluding hydrogens is 279 g/mol. The number of nitrogen functional groups attached to an aromatic ring is 1. The molecule has 0 saturated heterocycles. The minimum absolute atomic E-state index is 0.334. The zero-order chi connectivity index (χ0) is 15.8. The fourth-order valence-corrected chi connectivity index (χ4v) is 2.27. The van der Waals surface area contributed by atoms with E-state index >= 15 is 0 Å². The van der Waals surface area contributed by atoms with Crippen LogP contribution in [-0.4, -0.2) is 9.78 Å². The minimum atomic E-state index is -4.37. The van der Waals surface area contributed by atoms with Gasteiger partial charge in [0.05, 0.1) is 11.3 Å². The van der Waals surface area contributed by atoms with Crippen LogP contribution in [0.4, 0.5) is 19.0 Å². The lowest BCUT2D eigenvalue weighted by atomic mass is 9.98. The summed E-state index contributed by atoms with van der Waals surface area (Å²) in [5.74, 6) is 0.831. The van der Waals surface area contributed by atoms with E-state index in [2.05, 4.69) is 5.10 Å². The van der Waals surface area contributed by atoms with Crippen LogP contribution >= 0.6 is 0 Å². The highest BCUT2D eigenvalue weighted by molar-refractivity contribution is 5.69. The summed E-state index contributed by atoms with van der Waals surface area (Å²) in [6.07, 6.45) is -3.69. The summed E-state index contributed by atoms with van der Waals surface area (Å²) >= 11 is 0. The maximum atomic E-state index is 12.8. The van der Waals surface area contributed by atoms with Gasteiger partial charge in [-0.1, -0.05) is 26.0 Å². The summed E-state index contributed by atoms with van der Waals surface area (Å²) in [6, 6.07) is 5.19. The third-order valence-electron chi connectivity index (χ3n) is 3.27. The molecule has 0 spiro atoms. The average Bonchev–Trinajstić information content (AvgIpc) is 2.66. The predicted molar refractivity (Wildman–Crippen MR) is 76.6 cm³/mol. The van der Waals surface area contributed by atoms with Gasteiger partial charge in [-0.3, -0.25) is 4.68 Å². The summed E-state index contributed by atoms with van der Waals surface area (Å²) in [4.78, 5) is 0. The van der Waals surface area contributed by atoms with Gasteiger partial charge in [-0.2, -0.15) is 18.3 Å². The SMILES string of the molecule is CC(C)Cc1c(-c2cccc(C(F)(F)F)c2)nn(C)c1N. The van der Waals surface area contributed by atoms with Crippen molar-refractivity contribution in [1.82, 2.24) is 9.78 Å². The molecule has 2 N–H and O–H groups in total. The van der Waals surface area contributed by atoms with Crippen LogP contribution in [0.2, 0.25) is 0 Å². The second-order valence-corrected chi connectivity index (χ2v) is 5.51. The fraction of sp³-hybridized carbons (Fsp3) is 0.400. The Morgan fingerprint density at radius 1 is 1.29 bits per heavy atom. The Bertz CT molecular complexity index is 642. The molecule has 0 aliphatic heterocycles. The Labute approximate surface area is 121 Å². The largest absolute Gasteiger partial charge is 0.416 e. The standard InChI is InChI=1S/C15H18F3N3/c1-9(2)7-12-13(20-21(3)14(12)19)10-5-4-6-11(8-10)15(16,17)18/h4-6,8-9H,7,19H2,1-3H3. The molecule has 1 aromatic carbocycles. The van der Waals surface area contributed by atoms with Gasteiger partial charge < -0.3 is 5.73 Å². The molecule has 1 heterocycles. The lowest BCUT2D eigenvalue weighted by molar-refractivity contribution is -0.137. The molecular formula is C15H18F3N3. The molecule has 0 aliphatic carbocycles. The van der Waals surface area contributed by atoms with Crippen LogP contribution in [0, 0.1) is 5.92 Å². The van der Waals surface area contributed by atoms with Crippen LogP contribution in [-0.2, 0) is 19.6 Å². The van der Waals surface area contributed by atoms with Gasteiger partial charge in [-0.15, -0.1) is 0 Å². The van der Waals surface area contributed by atoms with Crippen molar-refractivity contribution in [2.75, 3.05) is 5.73 Å². The first-order valence-electron chi connectivity index (χ1n) is 6.69. The summed E-state index contributed by atoms with van der Waals surface area (Å²) in [5, 5.41) is 4.28. The van der Waals surface area contributed by atoms with Crippen molar-refractivity contribution in [3.05, 3.63) is 35.4 Å². The monoisotopic (exact) mass is 297 g/mol. The summed E-state index contributed by atoms with van der Waals surface area (Å²) in [5.41, 5.74) is 7.07. The van der Waals surface area contributed by atoms with Crippen LogP contribution in [0.1, 0.15) is 25.0 Å². The van der Waals surface area contributed by atoms with Gasteiger partial charge in [0.1, 0.15) is 5.82 Å². The molecule has 0 atom stereocenters. The highest BCUT2D eigenvalue weighted by Crippen LogP contribution is 2.34. The van der Waals surface area contributed by atoms with E-state index in [1.807, 2.05) is 13.8 Å². The zero-order valence-corrected chi connectivity index (χ0v) is 12.2. The molecule has 0 saturated carbocycles. The molecule has 6 heteroatoms. The third kappa shape index (κ3) is 3.20. The Morgan fingerprint density at radius 2 is 1.95 bits per heavy atom. The highest BCUT2D eigenvalue weighted by Gasteiger charge is 2.31. The van der Waals surface area contributed by atoms with Crippen molar-refractivity contribution in [3.63, 3.8) is 0 Å². The summed E-state index contributed by atoms with van der Waals surface area (Å²) in [6.45, 7) is 4.06. The quantitative estimate of drug-likeness (QED) is 0.934. The maximum absolute atomic E-state index is 12.8. The summed E-state index contributed by atoms with van der Waals surface area (Å²) < 4.78 is 40.0. The smallest absolute Gasteiger partial charge is 0.384 e. The molecule has 2 aromatic rings. The number of aromatic nitrogens is 2. The lowest BCUT2D eigenvalue weighted by Gasteiger charge is -2.10. The van der Waals surface area contributed by atoms with Crippen molar-refractivity contribution < 1.29 is 13.2 Å². The lowest BCUT2D eigenvalue weighted by Crippen LogP contribution is -2.05. The molecule has 1 aromatic heterocycles. The average molecular weight is 297 g/mol. The van der Waals surface area contributed by atoms with E-state index in [4.69, 9.17) is 5.73 Å². The second kappa shape index (κ2) is 5.42. The van der Waals surface area contributed by atoms with E-state index in [1.54, 1.807) is 13.1 Å². The molecule has 0 unspecified atom stereocenters. The number of aryl methyl sites for hydroxylation is 1. The molecule has 0 amide bonds. The number of nitrogens with zero attached hydrogens (tertiary/aromatic N) is 2. The van der Waals surface area contributed by atoms with Gasteiger partial charge in [0, 0.05) is 18.2 Å². The van der Waals surface area contributed by atoms with Crippen molar-refractivity contribution in [1.29, 1.82) is 0 Å². The third-order valence-corrected chi connectivity index (χ3v) is 3.27. The van der Waals surface area contributed by atoms with Gasteiger partial charge >= 0.3 is 6.18 Å². The van der Waals surface area contributed by atoms with Gasteiger partial charge in [-0.05, 0) is 24.5 Å². The fourth-order valence-electron chi connectivity index (χ4n) is 2.27. The van der Waals surface area contributed by atoms with Crippen LogP contribution in [0.5, 0.6) is 0 Å². The van der Waals surface area contributed by atoms with E-state index in [-0.39, 0.29) is 0 Å². The number of hydrogen-bond acceptors (Lipinski definition) is 2. The van der Waals surface area contributed by atoms with E-state index in [0.29, 0.717) is 29.4 Å². The first kappa shape index (κ1) is 15.4. The topological polar surface area (TPSA) is 43.8 Å². The molecule has 114 valence electrons. The van der Waals surface area contributed by atoms with Gasteiger partial charge in [0.2, 0.25) is 0 Å².